The van der Waals surface area contributed by atoms with Crippen LogP contribution in [0.4, 0.5) is 4.39 Å². The minimum atomic E-state index is -0.194. The molecule has 0 bridgehead atoms. The van der Waals surface area contributed by atoms with Crippen LogP contribution < -0.4 is 5.32 Å². The lowest BCUT2D eigenvalue weighted by molar-refractivity contribution is 0.232. The van der Waals surface area contributed by atoms with E-state index in [4.69, 9.17) is 0 Å². The third-order valence-corrected chi connectivity index (χ3v) is 4.48. The summed E-state index contributed by atoms with van der Waals surface area (Å²) in [5, 5.41) is 3.55. The van der Waals surface area contributed by atoms with Crippen molar-refractivity contribution in [2.45, 2.75) is 46.6 Å². The second-order valence-electron chi connectivity index (χ2n) is 5.39. The van der Waals surface area contributed by atoms with E-state index in [-0.39, 0.29) is 11.2 Å². The van der Waals surface area contributed by atoms with Crippen molar-refractivity contribution in [3.05, 3.63) is 34.1 Å². The summed E-state index contributed by atoms with van der Waals surface area (Å²) in [4.78, 5) is 0. The molecule has 0 saturated carbocycles. The largest absolute Gasteiger partial charge is 0.313 e. The Morgan fingerprint density at radius 1 is 1.33 bits per heavy atom. The van der Waals surface area contributed by atoms with Gasteiger partial charge in [0, 0.05) is 10.5 Å². The maximum absolute atomic E-state index is 13.1. The van der Waals surface area contributed by atoms with Gasteiger partial charge in [0.25, 0.3) is 0 Å². The van der Waals surface area contributed by atoms with Crippen molar-refractivity contribution in [2.75, 3.05) is 6.54 Å². The molecule has 0 aliphatic carbocycles. The van der Waals surface area contributed by atoms with Gasteiger partial charge in [0.2, 0.25) is 0 Å². The third kappa shape index (κ3) is 4.06. The molecule has 0 aliphatic rings. The molecule has 18 heavy (non-hydrogen) atoms. The van der Waals surface area contributed by atoms with E-state index in [1.807, 2.05) is 6.07 Å². The fraction of sp³-hybridized carbons (Fsp3) is 0.600. The first-order chi connectivity index (χ1) is 8.40. The number of nitrogens with one attached hydrogen (secondary N) is 1. The molecule has 0 heterocycles. The zero-order valence-corrected chi connectivity index (χ0v) is 13.3. The van der Waals surface area contributed by atoms with Gasteiger partial charge in [-0.3, -0.25) is 0 Å². The smallest absolute Gasteiger partial charge is 0.124 e. The SMILES string of the molecule is CCNC(Cc1ccc(F)cc1Br)C(C)(C)CC. The Kier molecular flexibility index (Phi) is 5.80. The third-order valence-electron chi connectivity index (χ3n) is 3.74. The molecule has 0 fully saturated rings. The zero-order chi connectivity index (χ0) is 13.8. The summed E-state index contributed by atoms with van der Waals surface area (Å²) in [5.41, 5.74) is 1.38. The summed E-state index contributed by atoms with van der Waals surface area (Å²) >= 11 is 3.45. The summed E-state index contributed by atoms with van der Waals surface area (Å²) in [6.45, 7) is 9.84. The highest BCUT2D eigenvalue weighted by Gasteiger charge is 2.27. The van der Waals surface area contributed by atoms with E-state index in [1.54, 1.807) is 0 Å². The molecular weight excluding hydrogens is 293 g/mol. The molecule has 0 amide bonds. The molecule has 1 nitrogen and oxygen atoms in total. The fourth-order valence-electron chi connectivity index (χ4n) is 2.02. The maximum atomic E-state index is 13.1. The number of hydrogen-bond acceptors (Lipinski definition) is 1. The highest BCUT2D eigenvalue weighted by atomic mass is 79.9. The van der Waals surface area contributed by atoms with Gasteiger partial charge in [-0.25, -0.2) is 4.39 Å². The van der Waals surface area contributed by atoms with Crippen LogP contribution >= 0.6 is 15.9 Å². The Balaban J connectivity index is 2.89. The predicted octanol–water partition coefficient (Wildman–Crippen LogP) is 4.55. The summed E-state index contributed by atoms with van der Waals surface area (Å²) in [5.74, 6) is -0.194. The van der Waals surface area contributed by atoms with Crippen LogP contribution in [0.25, 0.3) is 0 Å². The van der Waals surface area contributed by atoms with Gasteiger partial charge >= 0.3 is 0 Å². The average molecular weight is 316 g/mol. The standard InChI is InChI=1S/C15H23BrFN/c1-5-15(3,4)14(18-6-2)9-11-7-8-12(17)10-13(11)16/h7-8,10,14,18H,5-6,9H2,1-4H3. The Bertz CT molecular complexity index is 390. The van der Waals surface area contributed by atoms with E-state index in [0.29, 0.717) is 6.04 Å². The van der Waals surface area contributed by atoms with Crippen molar-refractivity contribution in [1.82, 2.24) is 5.32 Å². The van der Waals surface area contributed by atoms with Crippen molar-refractivity contribution in [3.8, 4) is 0 Å². The molecule has 1 unspecified atom stereocenters. The Labute approximate surface area is 118 Å². The van der Waals surface area contributed by atoms with E-state index in [2.05, 4.69) is 48.9 Å². The summed E-state index contributed by atoms with van der Waals surface area (Å²) in [6, 6.07) is 5.34. The van der Waals surface area contributed by atoms with Gasteiger partial charge in [0.05, 0.1) is 0 Å². The first-order valence-corrected chi connectivity index (χ1v) is 7.37. The van der Waals surface area contributed by atoms with Crippen molar-refractivity contribution in [1.29, 1.82) is 0 Å². The van der Waals surface area contributed by atoms with E-state index in [9.17, 15) is 4.39 Å². The van der Waals surface area contributed by atoms with Crippen LogP contribution in [0.5, 0.6) is 0 Å². The first-order valence-electron chi connectivity index (χ1n) is 6.58. The molecule has 1 aromatic carbocycles. The zero-order valence-electron chi connectivity index (χ0n) is 11.7. The quantitative estimate of drug-likeness (QED) is 0.812. The lowest BCUT2D eigenvalue weighted by Gasteiger charge is -2.34. The molecule has 0 saturated heterocycles. The maximum Gasteiger partial charge on any atom is 0.124 e. The van der Waals surface area contributed by atoms with Gasteiger partial charge in [0.1, 0.15) is 5.82 Å². The van der Waals surface area contributed by atoms with Gasteiger partial charge in [-0.2, -0.15) is 0 Å². The number of hydrogen-bond donors (Lipinski definition) is 1. The summed E-state index contributed by atoms with van der Waals surface area (Å²) in [7, 11) is 0. The van der Waals surface area contributed by atoms with E-state index < -0.39 is 0 Å². The molecule has 1 atom stereocenters. The van der Waals surface area contributed by atoms with Crippen LogP contribution in [0.15, 0.2) is 22.7 Å². The highest BCUT2D eigenvalue weighted by Crippen LogP contribution is 2.29. The van der Waals surface area contributed by atoms with Crippen molar-refractivity contribution >= 4 is 15.9 Å². The fourth-order valence-corrected chi connectivity index (χ4v) is 2.54. The first kappa shape index (κ1) is 15.6. The Morgan fingerprint density at radius 2 is 2.00 bits per heavy atom. The minimum absolute atomic E-state index is 0.194. The van der Waals surface area contributed by atoms with Crippen LogP contribution in [0.3, 0.4) is 0 Å². The molecule has 102 valence electrons. The average Bonchev–Trinajstić information content (AvgIpc) is 2.31. The van der Waals surface area contributed by atoms with Crippen molar-refractivity contribution in [3.63, 3.8) is 0 Å². The van der Waals surface area contributed by atoms with Crippen LogP contribution in [-0.2, 0) is 6.42 Å². The van der Waals surface area contributed by atoms with Gasteiger partial charge in [0.15, 0.2) is 0 Å². The molecular formula is C15H23BrFN. The summed E-state index contributed by atoms with van der Waals surface area (Å²) < 4.78 is 13.9. The highest BCUT2D eigenvalue weighted by molar-refractivity contribution is 9.10. The second-order valence-corrected chi connectivity index (χ2v) is 6.25. The van der Waals surface area contributed by atoms with Crippen molar-refractivity contribution in [2.24, 2.45) is 5.41 Å². The molecule has 0 spiro atoms. The molecule has 1 aromatic rings. The van der Waals surface area contributed by atoms with Crippen LogP contribution in [-0.4, -0.2) is 12.6 Å². The van der Waals surface area contributed by atoms with Gasteiger partial charge in [-0.05, 0) is 42.5 Å². The van der Waals surface area contributed by atoms with E-state index in [1.165, 1.54) is 12.1 Å². The number of halogens is 2. The number of rotatable bonds is 6. The number of likely N-dealkylation sites (N-methyl/N-ethyl adjacent to an activating group) is 1. The minimum Gasteiger partial charge on any atom is -0.313 e. The van der Waals surface area contributed by atoms with Crippen LogP contribution in [0.1, 0.15) is 39.7 Å². The molecule has 0 aliphatic heterocycles. The van der Waals surface area contributed by atoms with Crippen LogP contribution in [0, 0.1) is 11.2 Å². The second kappa shape index (κ2) is 6.67. The van der Waals surface area contributed by atoms with E-state index >= 15 is 0 Å². The predicted molar refractivity (Wildman–Crippen MR) is 79.3 cm³/mol. The topological polar surface area (TPSA) is 12.0 Å². The molecule has 0 aromatic heterocycles. The van der Waals surface area contributed by atoms with Gasteiger partial charge < -0.3 is 5.32 Å². The molecule has 1 rings (SSSR count). The molecule has 1 N–H and O–H groups in total. The monoisotopic (exact) mass is 315 g/mol. The van der Waals surface area contributed by atoms with Crippen LogP contribution in [0.2, 0.25) is 0 Å². The lowest BCUT2D eigenvalue weighted by Crippen LogP contribution is -2.43. The molecule has 3 heteroatoms. The molecule has 0 radical (unpaired) electrons. The Morgan fingerprint density at radius 3 is 2.50 bits per heavy atom. The van der Waals surface area contributed by atoms with Gasteiger partial charge in [-0.1, -0.05) is 49.7 Å². The lowest BCUT2D eigenvalue weighted by atomic mass is 9.79. The summed E-state index contributed by atoms with van der Waals surface area (Å²) in [6.07, 6.45) is 2.03. The van der Waals surface area contributed by atoms with Gasteiger partial charge in [-0.15, -0.1) is 0 Å². The van der Waals surface area contributed by atoms with E-state index in [0.717, 1.165) is 29.4 Å². The normalized spacial score (nSPS) is 13.7. The van der Waals surface area contributed by atoms with Crippen molar-refractivity contribution < 1.29 is 4.39 Å². The Hall–Kier alpha value is -0.410. The number of benzene rings is 1.